The summed E-state index contributed by atoms with van der Waals surface area (Å²) in [5, 5.41) is 9.22. The van der Waals surface area contributed by atoms with Crippen molar-refractivity contribution in [3.05, 3.63) is 53.6 Å². The van der Waals surface area contributed by atoms with Gasteiger partial charge in [-0.05, 0) is 42.3 Å². The van der Waals surface area contributed by atoms with Gasteiger partial charge in [-0.3, -0.25) is 0 Å². The first-order chi connectivity index (χ1) is 13.5. The number of ether oxygens (including phenoxy) is 3. The molecule has 0 bridgehead atoms. The number of amidine groups is 1. The van der Waals surface area contributed by atoms with Gasteiger partial charge in [-0.25, -0.2) is 4.99 Å². The minimum atomic E-state index is -0.629. The highest BCUT2D eigenvalue weighted by Crippen LogP contribution is 2.54. The predicted octanol–water partition coefficient (Wildman–Crippen LogP) is 2.95. The maximum absolute atomic E-state index is 9.22. The molecular formula is C22H21N3O3. The number of hydrogen-bond donors (Lipinski definition) is 1. The van der Waals surface area contributed by atoms with Crippen LogP contribution in [-0.2, 0) is 15.0 Å². The summed E-state index contributed by atoms with van der Waals surface area (Å²) < 4.78 is 17.9. The normalized spacial score (nSPS) is 30.4. The third-order valence-corrected chi connectivity index (χ3v) is 6.20. The zero-order valence-corrected chi connectivity index (χ0v) is 15.6. The number of aliphatic imine (C=N–C) groups is 1. The number of rotatable bonds is 1. The first kappa shape index (κ1) is 17.1. The summed E-state index contributed by atoms with van der Waals surface area (Å²) in [5.74, 6) is 0.811. The second-order valence-electron chi connectivity index (χ2n) is 7.86. The van der Waals surface area contributed by atoms with Crippen molar-refractivity contribution in [2.75, 3.05) is 19.8 Å². The maximum atomic E-state index is 9.22. The molecule has 28 heavy (non-hydrogen) atoms. The minimum Gasteiger partial charge on any atom is -0.487 e. The van der Waals surface area contributed by atoms with Crippen LogP contribution in [0.4, 0.5) is 0 Å². The van der Waals surface area contributed by atoms with E-state index in [2.05, 4.69) is 19.1 Å². The van der Waals surface area contributed by atoms with Crippen LogP contribution in [0.3, 0.4) is 0 Å². The van der Waals surface area contributed by atoms with Gasteiger partial charge in [0.2, 0.25) is 0 Å². The van der Waals surface area contributed by atoms with Gasteiger partial charge < -0.3 is 19.9 Å². The molecule has 3 aliphatic rings. The fourth-order valence-corrected chi connectivity index (χ4v) is 4.70. The van der Waals surface area contributed by atoms with Crippen molar-refractivity contribution in [2.45, 2.75) is 24.5 Å². The third kappa shape index (κ3) is 2.40. The van der Waals surface area contributed by atoms with Crippen molar-refractivity contribution in [2.24, 2.45) is 16.6 Å². The summed E-state index contributed by atoms with van der Waals surface area (Å²) >= 11 is 0. The third-order valence-electron chi connectivity index (χ3n) is 6.20. The first-order valence-corrected chi connectivity index (χ1v) is 9.44. The fraction of sp³-hybridized carbons (Fsp3) is 0.364. The van der Waals surface area contributed by atoms with Gasteiger partial charge in [-0.2, -0.15) is 5.26 Å². The van der Waals surface area contributed by atoms with Gasteiger partial charge in [0.05, 0.1) is 30.8 Å². The quantitative estimate of drug-likeness (QED) is 0.828. The van der Waals surface area contributed by atoms with Crippen LogP contribution < -0.4 is 10.5 Å². The Kier molecular flexibility index (Phi) is 3.65. The van der Waals surface area contributed by atoms with Crippen molar-refractivity contribution in [3.8, 4) is 22.9 Å². The second kappa shape index (κ2) is 5.98. The van der Waals surface area contributed by atoms with E-state index in [1.54, 1.807) is 6.07 Å². The number of nitriles is 1. The Hall–Kier alpha value is -3.04. The molecule has 6 nitrogen and oxygen atoms in total. The zero-order valence-electron chi connectivity index (χ0n) is 15.6. The van der Waals surface area contributed by atoms with Crippen molar-refractivity contribution in [3.63, 3.8) is 0 Å². The molecule has 2 N–H and O–H groups in total. The lowest BCUT2D eigenvalue weighted by atomic mass is 9.66. The maximum Gasteiger partial charge on any atom is 0.283 e. The van der Waals surface area contributed by atoms with Crippen molar-refractivity contribution in [1.82, 2.24) is 0 Å². The summed E-state index contributed by atoms with van der Waals surface area (Å²) in [4.78, 5) is 4.78. The Morgan fingerprint density at radius 3 is 2.86 bits per heavy atom. The summed E-state index contributed by atoms with van der Waals surface area (Å²) in [7, 11) is 0. The number of fused-ring (bicyclic) bond motifs is 4. The van der Waals surface area contributed by atoms with Gasteiger partial charge in [0.1, 0.15) is 23.5 Å². The molecule has 0 radical (unpaired) electrons. The van der Waals surface area contributed by atoms with Gasteiger partial charge in [0.15, 0.2) is 0 Å². The summed E-state index contributed by atoms with van der Waals surface area (Å²) in [6.07, 6.45) is 0.792. The molecule has 3 heterocycles. The standard InChI is InChI=1S/C22H21N3O3/c1-21-7-8-26-12-19(21)22(13-27-20(24)25-22)17-10-16(5-6-18(17)28-21)15-4-2-3-14(9-15)11-23/h2-6,9-10,19H,7-8,12-13H2,1H3,(H2,24,25)/t19-,21+,22?/m1/s1. The molecule has 0 amide bonds. The fourth-order valence-electron chi connectivity index (χ4n) is 4.70. The van der Waals surface area contributed by atoms with Crippen LogP contribution in [0, 0.1) is 17.2 Å². The van der Waals surface area contributed by atoms with E-state index in [4.69, 9.17) is 24.9 Å². The lowest BCUT2D eigenvalue weighted by Gasteiger charge is -2.52. The topological polar surface area (TPSA) is 89.9 Å². The van der Waals surface area contributed by atoms with Crippen LogP contribution in [0.2, 0.25) is 0 Å². The molecule has 6 heteroatoms. The van der Waals surface area contributed by atoms with E-state index in [1.165, 1.54) is 0 Å². The lowest BCUT2D eigenvalue weighted by molar-refractivity contribution is -0.129. The molecular weight excluding hydrogens is 354 g/mol. The van der Waals surface area contributed by atoms with E-state index in [9.17, 15) is 5.26 Å². The second-order valence-corrected chi connectivity index (χ2v) is 7.86. The molecule has 2 aromatic rings. The first-order valence-electron chi connectivity index (χ1n) is 9.44. The lowest BCUT2D eigenvalue weighted by Crippen LogP contribution is -2.59. The molecule has 1 fully saturated rings. The summed E-state index contributed by atoms with van der Waals surface area (Å²) in [5.41, 5.74) is 8.50. The van der Waals surface area contributed by atoms with Crippen LogP contribution >= 0.6 is 0 Å². The Labute approximate surface area is 163 Å². The van der Waals surface area contributed by atoms with E-state index in [1.807, 2.05) is 30.3 Å². The van der Waals surface area contributed by atoms with Crippen LogP contribution in [0.5, 0.6) is 5.75 Å². The highest BCUT2D eigenvalue weighted by Gasteiger charge is 2.59. The number of hydrogen-bond acceptors (Lipinski definition) is 6. The largest absolute Gasteiger partial charge is 0.487 e. The molecule has 3 aliphatic heterocycles. The van der Waals surface area contributed by atoms with Crippen LogP contribution in [0.1, 0.15) is 24.5 Å². The van der Waals surface area contributed by atoms with Gasteiger partial charge in [-0.15, -0.1) is 0 Å². The Bertz CT molecular complexity index is 1030. The molecule has 1 saturated heterocycles. The molecule has 2 aromatic carbocycles. The molecule has 1 spiro atoms. The van der Waals surface area contributed by atoms with Crippen molar-refractivity contribution < 1.29 is 14.2 Å². The highest BCUT2D eigenvalue weighted by atomic mass is 16.5. The molecule has 1 unspecified atom stereocenters. The van der Waals surface area contributed by atoms with Gasteiger partial charge in [0, 0.05) is 12.0 Å². The van der Waals surface area contributed by atoms with Crippen molar-refractivity contribution >= 4 is 6.02 Å². The predicted molar refractivity (Wildman–Crippen MR) is 104 cm³/mol. The van der Waals surface area contributed by atoms with Gasteiger partial charge in [0.25, 0.3) is 6.02 Å². The van der Waals surface area contributed by atoms with E-state index in [-0.39, 0.29) is 17.5 Å². The molecule has 0 saturated carbocycles. The molecule has 142 valence electrons. The molecule has 0 aromatic heterocycles. The van der Waals surface area contributed by atoms with E-state index >= 15 is 0 Å². The number of nitrogens with zero attached hydrogens (tertiary/aromatic N) is 2. The van der Waals surface area contributed by atoms with E-state index in [0.717, 1.165) is 28.9 Å². The molecule has 5 rings (SSSR count). The monoisotopic (exact) mass is 375 g/mol. The summed E-state index contributed by atoms with van der Waals surface area (Å²) in [6.45, 7) is 3.71. The Balaban J connectivity index is 1.69. The number of benzene rings is 2. The van der Waals surface area contributed by atoms with Crippen LogP contribution in [-0.4, -0.2) is 31.4 Å². The Morgan fingerprint density at radius 1 is 1.21 bits per heavy atom. The van der Waals surface area contributed by atoms with Crippen LogP contribution in [0.15, 0.2) is 47.5 Å². The summed E-state index contributed by atoms with van der Waals surface area (Å²) in [6, 6.07) is 16.1. The minimum absolute atomic E-state index is 0.00277. The Morgan fingerprint density at radius 2 is 2.07 bits per heavy atom. The van der Waals surface area contributed by atoms with E-state index < -0.39 is 5.54 Å². The highest BCUT2D eigenvalue weighted by molar-refractivity contribution is 5.76. The van der Waals surface area contributed by atoms with Crippen molar-refractivity contribution in [1.29, 1.82) is 5.26 Å². The smallest absolute Gasteiger partial charge is 0.283 e. The zero-order chi connectivity index (χ0) is 19.4. The van der Waals surface area contributed by atoms with E-state index in [0.29, 0.717) is 25.4 Å². The number of nitrogens with two attached hydrogens (primary N) is 1. The van der Waals surface area contributed by atoms with Gasteiger partial charge >= 0.3 is 0 Å². The molecule has 3 atom stereocenters. The molecule has 0 aliphatic carbocycles. The van der Waals surface area contributed by atoms with Gasteiger partial charge in [-0.1, -0.05) is 18.2 Å². The average molecular weight is 375 g/mol. The van der Waals surface area contributed by atoms with Crippen LogP contribution in [0.25, 0.3) is 11.1 Å². The average Bonchev–Trinajstić information content (AvgIpc) is 3.10. The SMILES string of the molecule is C[C@]12CCOC[C@H]1C1(COC(N)=N1)c1cc(-c3cccc(C#N)c3)ccc1O2.